The van der Waals surface area contributed by atoms with Gasteiger partial charge in [0.1, 0.15) is 5.75 Å². The summed E-state index contributed by atoms with van der Waals surface area (Å²) in [6, 6.07) is 15.5. The second kappa shape index (κ2) is 21.7. The minimum Gasteiger partial charge on any atom is -0.497 e. The Morgan fingerprint density at radius 2 is 1.38 bits per heavy atom. The molecule has 0 aliphatic carbocycles. The Morgan fingerprint density at radius 1 is 0.733 bits per heavy atom. The molecule has 3 rings (SSSR count). The van der Waals surface area contributed by atoms with Crippen LogP contribution < -0.4 is 31.7 Å². The number of hydrogen-bond acceptors (Lipinski definition) is 11. The van der Waals surface area contributed by atoms with E-state index in [0.717, 1.165) is 35.5 Å². The van der Waals surface area contributed by atoms with Crippen LogP contribution in [-0.4, -0.2) is 74.0 Å². The molecule has 246 valence electrons. The number of carbonyl (C=O) groups is 1. The molecule has 12 heteroatoms. The minimum absolute atomic E-state index is 0.0650. The van der Waals surface area contributed by atoms with E-state index in [2.05, 4.69) is 43.1 Å². The third kappa shape index (κ3) is 15.0. The number of unbranched alkanes of at least 4 members (excludes halogenated alkanes) is 5. The first-order valence-electron chi connectivity index (χ1n) is 15.9. The molecule has 1 aromatic heterocycles. The van der Waals surface area contributed by atoms with Gasteiger partial charge in [-0.2, -0.15) is 15.0 Å². The SMILES string of the molecule is CCCCCCCCNc1nc(NCc2ccc(OC)cc2)nc(Nc2ccc(CC(=O)NCCOCCOCCN)cc2)n1. The van der Waals surface area contributed by atoms with Gasteiger partial charge in [0.25, 0.3) is 0 Å². The highest BCUT2D eigenvalue weighted by atomic mass is 16.5. The van der Waals surface area contributed by atoms with Gasteiger partial charge in [-0.15, -0.1) is 0 Å². The van der Waals surface area contributed by atoms with Crippen molar-refractivity contribution in [1.29, 1.82) is 0 Å². The topological polar surface area (TPSA) is 158 Å². The lowest BCUT2D eigenvalue weighted by Crippen LogP contribution is -2.29. The number of aromatic nitrogens is 3. The molecule has 12 nitrogen and oxygen atoms in total. The summed E-state index contributed by atoms with van der Waals surface area (Å²) in [5.41, 5.74) is 8.15. The summed E-state index contributed by atoms with van der Waals surface area (Å²) in [5, 5.41) is 12.8. The molecule has 3 aromatic rings. The van der Waals surface area contributed by atoms with E-state index >= 15 is 0 Å². The van der Waals surface area contributed by atoms with Crippen LogP contribution in [0.15, 0.2) is 48.5 Å². The van der Waals surface area contributed by atoms with Gasteiger partial charge in [0, 0.05) is 31.9 Å². The molecule has 0 aliphatic heterocycles. The molecule has 0 atom stereocenters. The Balaban J connectivity index is 1.53. The maximum atomic E-state index is 12.3. The Hall–Kier alpha value is -4.00. The number of nitrogens with zero attached hydrogens (tertiary/aromatic N) is 3. The van der Waals surface area contributed by atoms with Gasteiger partial charge < -0.3 is 41.2 Å². The van der Waals surface area contributed by atoms with Crippen LogP contribution in [0.4, 0.5) is 23.5 Å². The molecule has 0 spiro atoms. The van der Waals surface area contributed by atoms with E-state index in [1.165, 1.54) is 32.1 Å². The molecule has 0 fully saturated rings. The highest BCUT2D eigenvalue weighted by Gasteiger charge is 2.09. The fourth-order valence-corrected chi connectivity index (χ4v) is 4.37. The number of rotatable bonds is 24. The molecule has 1 amide bonds. The maximum Gasteiger partial charge on any atom is 0.233 e. The molecule has 45 heavy (non-hydrogen) atoms. The van der Waals surface area contributed by atoms with Crippen LogP contribution in [0.25, 0.3) is 0 Å². The molecule has 0 aliphatic rings. The molecular formula is C33H50N8O4. The Labute approximate surface area is 267 Å². The van der Waals surface area contributed by atoms with Gasteiger partial charge in [-0.1, -0.05) is 63.3 Å². The zero-order valence-electron chi connectivity index (χ0n) is 26.8. The first kappa shape index (κ1) is 35.5. The monoisotopic (exact) mass is 622 g/mol. The van der Waals surface area contributed by atoms with Crippen LogP contribution in [0.3, 0.4) is 0 Å². The summed E-state index contributed by atoms with van der Waals surface area (Å²) in [6.45, 7) is 6.42. The van der Waals surface area contributed by atoms with E-state index < -0.39 is 0 Å². The number of benzene rings is 2. The molecule has 0 bridgehead atoms. The zero-order valence-corrected chi connectivity index (χ0v) is 26.8. The Morgan fingerprint density at radius 3 is 2.09 bits per heavy atom. The van der Waals surface area contributed by atoms with Crippen molar-refractivity contribution in [1.82, 2.24) is 20.3 Å². The van der Waals surface area contributed by atoms with E-state index in [4.69, 9.17) is 19.9 Å². The van der Waals surface area contributed by atoms with Crippen molar-refractivity contribution in [3.63, 3.8) is 0 Å². The van der Waals surface area contributed by atoms with Crippen molar-refractivity contribution in [2.75, 3.05) is 69.1 Å². The summed E-state index contributed by atoms with van der Waals surface area (Å²) in [5.74, 6) is 2.15. The van der Waals surface area contributed by atoms with Crippen molar-refractivity contribution in [3.05, 3.63) is 59.7 Å². The van der Waals surface area contributed by atoms with Crippen LogP contribution >= 0.6 is 0 Å². The largest absolute Gasteiger partial charge is 0.497 e. The number of ether oxygens (including phenoxy) is 3. The highest BCUT2D eigenvalue weighted by molar-refractivity contribution is 5.78. The highest BCUT2D eigenvalue weighted by Crippen LogP contribution is 2.18. The average molecular weight is 623 g/mol. The maximum absolute atomic E-state index is 12.3. The number of methoxy groups -OCH3 is 1. The van der Waals surface area contributed by atoms with E-state index in [1.54, 1.807) is 7.11 Å². The van der Waals surface area contributed by atoms with Gasteiger partial charge >= 0.3 is 0 Å². The van der Waals surface area contributed by atoms with E-state index in [1.807, 2.05) is 48.5 Å². The van der Waals surface area contributed by atoms with Crippen LogP contribution in [0.5, 0.6) is 5.75 Å². The average Bonchev–Trinajstić information content (AvgIpc) is 3.05. The summed E-state index contributed by atoms with van der Waals surface area (Å²) in [6.07, 6.45) is 7.56. The van der Waals surface area contributed by atoms with Crippen molar-refractivity contribution < 1.29 is 19.0 Å². The summed E-state index contributed by atoms with van der Waals surface area (Å²) in [4.78, 5) is 26.1. The quantitative estimate of drug-likeness (QED) is 0.0885. The lowest BCUT2D eigenvalue weighted by Gasteiger charge is -2.12. The van der Waals surface area contributed by atoms with Gasteiger partial charge in [-0.05, 0) is 41.8 Å². The van der Waals surface area contributed by atoms with Crippen molar-refractivity contribution in [3.8, 4) is 5.75 Å². The van der Waals surface area contributed by atoms with E-state index in [9.17, 15) is 4.79 Å². The van der Waals surface area contributed by atoms with Gasteiger partial charge in [0.15, 0.2) is 0 Å². The van der Waals surface area contributed by atoms with Crippen LogP contribution in [-0.2, 0) is 27.2 Å². The zero-order chi connectivity index (χ0) is 32.0. The first-order valence-corrected chi connectivity index (χ1v) is 15.9. The fraction of sp³-hybridized carbons (Fsp3) is 0.515. The molecule has 0 unspecified atom stereocenters. The van der Waals surface area contributed by atoms with Gasteiger partial charge in [-0.3, -0.25) is 4.79 Å². The predicted octanol–water partition coefficient (Wildman–Crippen LogP) is 4.66. The Bertz CT molecular complexity index is 1230. The standard InChI is InChI=1S/C33H50N8O4/c1-3-4-5-6-7-8-18-36-31-39-32(37-25-27-11-15-29(43-2)16-12-27)41-33(40-31)38-28-13-9-26(10-14-28)24-30(42)35-19-21-45-23-22-44-20-17-34/h9-16H,3-8,17-25,34H2,1-2H3,(H,35,42)(H3,36,37,38,39,40,41). The number of nitrogens with two attached hydrogens (primary N) is 1. The van der Waals surface area contributed by atoms with Crippen molar-refractivity contribution in [2.45, 2.75) is 58.4 Å². The number of hydrogen-bond donors (Lipinski definition) is 5. The normalized spacial score (nSPS) is 10.8. The summed E-state index contributed by atoms with van der Waals surface area (Å²) >= 11 is 0. The van der Waals surface area contributed by atoms with Crippen molar-refractivity contribution >= 4 is 29.4 Å². The Kier molecular flexibility index (Phi) is 17.1. The summed E-state index contributed by atoms with van der Waals surface area (Å²) < 4.78 is 16.0. The van der Waals surface area contributed by atoms with Crippen LogP contribution in [0, 0.1) is 0 Å². The number of amides is 1. The second-order valence-corrected chi connectivity index (χ2v) is 10.6. The third-order valence-electron chi connectivity index (χ3n) is 6.84. The van der Waals surface area contributed by atoms with E-state index in [0.29, 0.717) is 63.9 Å². The first-order chi connectivity index (χ1) is 22.1. The molecule has 0 radical (unpaired) electrons. The second-order valence-electron chi connectivity index (χ2n) is 10.6. The lowest BCUT2D eigenvalue weighted by molar-refractivity contribution is -0.120. The smallest absolute Gasteiger partial charge is 0.233 e. The molecular weight excluding hydrogens is 572 g/mol. The van der Waals surface area contributed by atoms with Gasteiger partial charge in [0.05, 0.1) is 40.0 Å². The third-order valence-corrected chi connectivity index (χ3v) is 6.84. The minimum atomic E-state index is -0.0650. The predicted molar refractivity (Wildman–Crippen MR) is 179 cm³/mol. The summed E-state index contributed by atoms with van der Waals surface area (Å²) in [7, 11) is 1.65. The van der Waals surface area contributed by atoms with Crippen LogP contribution in [0.2, 0.25) is 0 Å². The van der Waals surface area contributed by atoms with Gasteiger partial charge in [-0.25, -0.2) is 0 Å². The number of carbonyl (C=O) groups excluding carboxylic acids is 1. The molecule has 6 N–H and O–H groups in total. The number of anilines is 4. The molecule has 0 saturated carbocycles. The fourth-order valence-electron chi connectivity index (χ4n) is 4.37. The molecule has 2 aromatic carbocycles. The number of nitrogens with one attached hydrogen (secondary N) is 4. The van der Waals surface area contributed by atoms with E-state index in [-0.39, 0.29) is 12.3 Å². The molecule has 1 heterocycles. The lowest BCUT2D eigenvalue weighted by atomic mass is 10.1. The van der Waals surface area contributed by atoms with Crippen molar-refractivity contribution in [2.24, 2.45) is 5.73 Å². The van der Waals surface area contributed by atoms with Crippen LogP contribution in [0.1, 0.15) is 56.6 Å². The van der Waals surface area contributed by atoms with Gasteiger partial charge in [0.2, 0.25) is 23.8 Å². The molecule has 0 saturated heterocycles.